The van der Waals surface area contributed by atoms with Gasteiger partial charge in [-0.15, -0.1) is 11.3 Å². The van der Waals surface area contributed by atoms with Crippen molar-refractivity contribution < 1.29 is 4.42 Å². The predicted molar refractivity (Wildman–Crippen MR) is 312 cm³/mol. The highest BCUT2D eigenvalue weighted by Crippen LogP contribution is 2.62. The van der Waals surface area contributed by atoms with Gasteiger partial charge in [0, 0.05) is 76.2 Å². The predicted octanol–water partition coefficient (Wildman–Crippen LogP) is 17.1. The Labute approximate surface area is 432 Å². The van der Waals surface area contributed by atoms with Crippen molar-refractivity contribution in [1.82, 2.24) is 0 Å². The zero-order valence-corrected chi connectivity index (χ0v) is 43.2. The zero-order valence-electron chi connectivity index (χ0n) is 42.4. The van der Waals surface area contributed by atoms with Crippen molar-refractivity contribution in [3.8, 4) is 11.1 Å². The summed E-state index contributed by atoms with van der Waals surface area (Å²) < 4.78 is 9.65. The van der Waals surface area contributed by atoms with Gasteiger partial charge in [0.05, 0.1) is 11.2 Å². The molecule has 0 bridgehead atoms. The third kappa shape index (κ3) is 6.02. The standard InChI is InChI=1S/C67H56BN3OS/c1-41-35-58-63-59(36-41)70(55-22-16-21-49-47-19-10-12-23-60(47)72-64(49)55)57-40-46(71-54-31-25-43(42-17-8-7-9-18-42)37-51(54)66(5)33-14-15-34-67(66,71)6)27-30-53(57)68(63)52-29-26-44(65(2,3)4)38-56(52)69(58)45-28-32-62-50(39-45)48-20-11-13-24-61(48)73-62/h7-13,16-32,35-40H,14-15,33-34H2,1-6H3. The lowest BCUT2D eigenvalue weighted by Crippen LogP contribution is -2.61. The molecule has 1 aliphatic carbocycles. The fraction of sp³-hybridized carbons (Fsp3) is 0.194. The molecule has 0 saturated heterocycles. The Morgan fingerprint density at radius 1 is 0.521 bits per heavy atom. The van der Waals surface area contributed by atoms with E-state index in [4.69, 9.17) is 4.42 Å². The van der Waals surface area contributed by atoms with Crippen LogP contribution in [0.25, 0.3) is 53.2 Å². The van der Waals surface area contributed by atoms with Crippen LogP contribution in [0.1, 0.15) is 77.0 Å². The second-order valence-corrected chi connectivity index (χ2v) is 23.9. The van der Waals surface area contributed by atoms with E-state index in [9.17, 15) is 0 Å². The number of hydrogen-bond donors (Lipinski definition) is 0. The summed E-state index contributed by atoms with van der Waals surface area (Å²) in [6, 6.07) is 69.3. The highest BCUT2D eigenvalue weighted by atomic mass is 32.1. The average Bonchev–Trinajstić information content (AvgIpc) is 4.04. The van der Waals surface area contributed by atoms with Crippen molar-refractivity contribution in [1.29, 1.82) is 0 Å². The van der Waals surface area contributed by atoms with Crippen molar-refractivity contribution in [3.63, 3.8) is 0 Å². The summed E-state index contributed by atoms with van der Waals surface area (Å²) >= 11 is 1.88. The van der Waals surface area contributed by atoms with E-state index in [-0.39, 0.29) is 23.1 Å². The first-order valence-electron chi connectivity index (χ1n) is 26.3. The van der Waals surface area contributed by atoms with Gasteiger partial charge in [0.15, 0.2) is 5.58 Å². The van der Waals surface area contributed by atoms with Gasteiger partial charge in [-0.1, -0.05) is 144 Å². The Balaban J connectivity index is 1.01. The number of hydrogen-bond acceptors (Lipinski definition) is 5. The molecule has 4 nitrogen and oxygen atoms in total. The first-order chi connectivity index (χ1) is 35.5. The Morgan fingerprint density at radius 2 is 1.22 bits per heavy atom. The molecule has 354 valence electrons. The van der Waals surface area contributed by atoms with E-state index in [1.165, 1.54) is 117 Å². The molecule has 0 N–H and O–H groups in total. The van der Waals surface area contributed by atoms with Crippen LogP contribution < -0.4 is 31.1 Å². The Hall–Kier alpha value is -7.54. The van der Waals surface area contributed by atoms with Crippen LogP contribution in [0.3, 0.4) is 0 Å². The first-order valence-corrected chi connectivity index (χ1v) is 27.1. The SMILES string of the molecule is Cc1cc2c3c(c1)N(c1cccc4c1oc1ccccc14)c1cc(N4c5ccc(-c6ccccc6)cc5C5(C)CCCCC45C)ccc1B3c1ccc(C(C)(C)C)cc1N2c1ccc2sc3ccccc3c2c1. The average molecular weight is 962 g/mol. The van der Waals surface area contributed by atoms with Gasteiger partial charge in [0.2, 0.25) is 0 Å². The number of furan rings is 1. The van der Waals surface area contributed by atoms with E-state index < -0.39 is 0 Å². The van der Waals surface area contributed by atoms with Crippen LogP contribution in [0, 0.1) is 6.92 Å². The lowest BCUT2D eigenvalue weighted by molar-refractivity contribution is 0.195. The lowest BCUT2D eigenvalue weighted by Gasteiger charge is -2.50. The van der Waals surface area contributed by atoms with Crippen LogP contribution in [-0.2, 0) is 10.8 Å². The molecule has 2 unspecified atom stereocenters. The molecule has 2 aromatic heterocycles. The number of nitrogens with zero attached hydrogens (tertiary/aromatic N) is 3. The second kappa shape index (κ2) is 15.3. The molecular weight excluding hydrogens is 906 g/mol. The summed E-state index contributed by atoms with van der Waals surface area (Å²) in [6.07, 6.45) is 4.73. The second-order valence-electron chi connectivity index (χ2n) is 22.9. The molecule has 3 aliphatic heterocycles. The van der Waals surface area contributed by atoms with Crippen LogP contribution in [0.4, 0.5) is 45.5 Å². The highest BCUT2D eigenvalue weighted by molar-refractivity contribution is 7.25. The molecule has 73 heavy (non-hydrogen) atoms. The van der Waals surface area contributed by atoms with Crippen molar-refractivity contribution in [2.45, 2.75) is 83.6 Å². The van der Waals surface area contributed by atoms with Crippen LogP contribution in [0.5, 0.6) is 0 Å². The summed E-state index contributed by atoms with van der Waals surface area (Å²) in [5, 5.41) is 4.87. The van der Waals surface area contributed by atoms with E-state index in [0.717, 1.165) is 40.5 Å². The minimum Gasteiger partial charge on any atom is -0.454 e. The third-order valence-electron chi connectivity index (χ3n) is 17.8. The maximum absolute atomic E-state index is 7.02. The van der Waals surface area contributed by atoms with Crippen molar-refractivity contribution in [2.75, 3.05) is 14.7 Å². The quantitative estimate of drug-likeness (QED) is 0.164. The van der Waals surface area contributed by atoms with Gasteiger partial charge >= 0.3 is 0 Å². The molecule has 9 aromatic carbocycles. The van der Waals surface area contributed by atoms with Crippen molar-refractivity contribution in [2.24, 2.45) is 0 Å². The molecule has 11 aromatic rings. The Morgan fingerprint density at radius 3 is 2.05 bits per heavy atom. The summed E-state index contributed by atoms with van der Waals surface area (Å²) in [6.45, 7) is 14.4. The number of fused-ring (bicyclic) bond motifs is 13. The number of para-hydroxylation sites is 2. The van der Waals surface area contributed by atoms with Crippen molar-refractivity contribution in [3.05, 3.63) is 199 Å². The number of thiophene rings is 1. The molecular formula is C67H56BN3OS. The topological polar surface area (TPSA) is 22.9 Å². The summed E-state index contributed by atoms with van der Waals surface area (Å²) in [7, 11) is 0. The van der Waals surface area contributed by atoms with E-state index in [2.05, 4.69) is 238 Å². The number of aryl methyl sites for hydroxylation is 1. The third-order valence-corrected chi connectivity index (χ3v) is 18.9. The lowest BCUT2D eigenvalue weighted by atomic mass is 9.33. The maximum atomic E-state index is 7.02. The Bertz CT molecular complexity index is 4130. The fourth-order valence-electron chi connectivity index (χ4n) is 14.0. The highest BCUT2D eigenvalue weighted by Gasteiger charge is 2.58. The maximum Gasteiger partial charge on any atom is 0.252 e. The number of benzene rings is 9. The minimum atomic E-state index is -0.132. The van der Waals surface area contributed by atoms with Crippen LogP contribution in [0.2, 0.25) is 0 Å². The molecule has 1 saturated carbocycles. The molecule has 0 radical (unpaired) electrons. The molecule has 6 heteroatoms. The van der Waals surface area contributed by atoms with Crippen molar-refractivity contribution >= 4 is 122 Å². The van der Waals surface area contributed by atoms with E-state index in [0.29, 0.717) is 0 Å². The van der Waals surface area contributed by atoms with Gasteiger partial charge in [-0.2, -0.15) is 0 Å². The van der Waals surface area contributed by atoms with Gasteiger partial charge in [0.25, 0.3) is 6.71 Å². The van der Waals surface area contributed by atoms with Gasteiger partial charge < -0.3 is 19.1 Å². The molecule has 0 amide bonds. The zero-order chi connectivity index (χ0) is 49.1. The number of anilines is 8. The van der Waals surface area contributed by atoms with E-state index >= 15 is 0 Å². The largest absolute Gasteiger partial charge is 0.454 e. The molecule has 15 rings (SSSR count). The Kier molecular flexibility index (Phi) is 9.00. The summed E-state index contributed by atoms with van der Waals surface area (Å²) in [5.74, 6) is 0. The normalized spacial score (nSPS) is 18.9. The van der Waals surface area contributed by atoms with Gasteiger partial charge in [-0.25, -0.2) is 0 Å². The molecule has 4 aliphatic rings. The van der Waals surface area contributed by atoms with Gasteiger partial charge in [0.1, 0.15) is 5.58 Å². The minimum absolute atomic E-state index is 0.0263. The molecule has 5 heterocycles. The fourth-order valence-corrected chi connectivity index (χ4v) is 15.1. The molecule has 2 atom stereocenters. The number of rotatable bonds is 4. The van der Waals surface area contributed by atoms with E-state index in [1.54, 1.807) is 0 Å². The van der Waals surface area contributed by atoms with Crippen LogP contribution >= 0.6 is 11.3 Å². The van der Waals surface area contributed by atoms with Crippen LogP contribution in [0.15, 0.2) is 186 Å². The van der Waals surface area contributed by atoms with Crippen LogP contribution in [-0.4, -0.2) is 12.3 Å². The molecule has 0 spiro atoms. The van der Waals surface area contributed by atoms with Gasteiger partial charge in [-0.3, -0.25) is 0 Å². The van der Waals surface area contributed by atoms with E-state index in [1.807, 2.05) is 11.3 Å². The molecule has 1 fully saturated rings. The smallest absolute Gasteiger partial charge is 0.252 e. The monoisotopic (exact) mass is 961 g/mol. The summed E-state index contributed by atoms with van der Waals surface area (Å²) in [4.78, 5) is 7.92. The summed E-state index contributed by atoms with van der Waals surface area (Å²) in [5.41, 5.74) is 21.7. The first kappa shape index (κ1) is 43.1. The van der Waals surface area contributed by atoms with Gasteiger partial charge in [-0.05, 0) is 155 Å².